The predicted octanol–water partition coefficient (Wildman–Crippen LogP) is 3.23. The molecule has 1 unspecified atom stereocenters. The van der Waals surface area contributed by atoms with Crippen molar-refractivity contribution in [3.8, 4) is 6.07 Å². The van der Waals surface area contributed by atoms with E-state index in [0.717, 1.165) is 23.9 Å². The summed E-state index contributed by atoms with van der Waals surface area (Å²) in [6.07, 6.45) is 0.295. The molecule has 1 aromatic heterocycles. The molecule has 1 fully saturated rings. The first-order chi connectivity index (χ1) is 14.8. The summed E-state index contributed by atoms with van der Waals surface area (Å²) < 4.78 is 27.7. The zero-order valence-corrected chi connectivity index (χ0v) is 17.4. The third-order valence-corrected chi connectivity index (χ3v) is 6.23. The highest BCUT2D eigenvalue weighted by atomic mass is 32.2. The molecule has 31 heavy (non-hydrogen) atoms. The summed E-state index contributed by atoms with van der Waals surface area (Å²) in [4.78, 5) is 21.9. The second-order valence-electron chi connectivity index (χ2n) is 6.97. The number of thioether (sulfide) groups is 1. The van der Waals surface area contributed by atoms with Gasteiger partial charge in [0.05, 0.1) is 18.2 Å². The lowest BCUT2D eigenvalue weighted by Crippen LogP contribution is -2.24. The van der Waals surface area contributed by atoms with E-state index in [1.54, 1.807) is 11.8 Å². The average Bonchev–Trinajstić information content (AvgIpc) is 3.17. The standard InChI is InChI=1S/C21H19F2N5O2S/c1-3-13-15(9-24)21(27-20(17(13)26-2)28-7-6-12(29)10-28)31-18(19(25)30)14-5-4-11(22)8-16(14)23/h4-5,8,12,18,29H,3,6-7,10H2,1H3,(H2,25,30)/t12-,18?/m0/s1. The third-order valence-electron chi connectivity index (χ3n) is 4.99. The Balaban J connectivity index is 2.15. The van der Waals surface area contributed by atoms with Crippen molar-refractivity contribution in [1.29, 1.82) is 5.26 Å². The largest absolute Gasteiger partial charge is 0.391 e. The summed E-state index contributed by atoms with van der Waals surface area (Å²) in [7, 11) is 0. The Labute approximate surface area is 182 Å². The van der Waals surface area contributed by atoms with Crippen molar-refractivity contribution < 1.29 is 18.7 Å². The molecule has 3 N–H and O–H groups in total. The highest BCUT2D eigenvalue weighted by Crippen LogP contribution is 2.43. The average molecular weight is 443 g/mol. The minimum Gasteiger partial charge on any atom is -0.391 e. The van der Waals surface area contributed by atoms with Crippen LogP contribution in [0.4, 0.5) is 20.3 Å². The summed E-state index contributed by atoms with van der Waals surface area (Å²) in [5.41, 5.74) is 6.14. The molecular formula is C21H19F2N5O2S. The molecule has 1 aliphatic heterocycles. The quantitative estimate of drug-likeness (QED) is 0.524. The topological polar surface area (TPSA) is 108 Å². The number of halogens is 2. The molecule has 0 radical (unpaired) electrons. The molecule has 2 aromatic rings. The van der Waals surface area contributed by atoms with Gasteiger partial charge >= 0.3 is 0 Å². The van der Waals surface area contributed by atoms with Crippen LogP contribution in [0, 0.1) is 29.5 Å². The smallest absolute Gasteiger partial charge is 0.235 e. The van der Waals surface area contributed by atoms with Gasteiger partial charge in [-0.15, -0.1) is 0 Å². The number of aliphatic hydroxyl groups excluding tert-OH is 1. The minimum atomic E-state index is -1.26. The number of benzene rings is 1. The Morgan fingerprint density at radius 2 is 2.29 bits per heavy atom. The van der Waals surface area contributed by atoms with Crippen LogP contribution < -0.4 is 10.6 Å². The van der Waals surface area contributed by atoms with Gasteiger partial charge in [0.2, 0.25) is 11.6 Å². The first kappa shape index (κ1) is 22.5. The van der Waals surface area contributed by atoms with E-state index in [4.69, 9.17) is 12.3 Å². The Morgan fingerprint density at radius 1 is 1.55 bits per heavy atom. The number of hydrogen-bond donors (Lipinski definition) is 2. The number of aliphatic hydroxyl groups is 1. The molecular weight excluding hydrogens is 424 g/mol. The number of carbonyl (C=O) groups is 1. The van der Waals surface area contributed by atoms with E-state index in [0.29, 0.717) is 36.8 Å². The molecule has 1 amide bonds. The lowest BCUT2D eigenvalue weighted by molar-refractivity contribution is -0.117. The number of nitrogens with zero attached hydrogens (tertiary/aromatic N) is 4. The first-order valence-electron chi connectivity index (χ1n) is 9.49. The summed E-state index contributed by atoms with van der Waals surface area (Å²) in [5, 5.41) is 18.5. The van der Waals surface area contributed by atoms with Crippen LogP contribution >= 0.6 is 11.8 Å². The molecule has 1 aromatic carbocycles. The Morgan fingerprint density at radius 3 is 2.81 bits per heavy atom. The fourth-order valence-electron chi connectivity index (χ4n) is 3.51. The number of primary amides is 1. The van der Waals surface area contributed by atoms with Gasteiger partial charge in [0.1, 0.15) is 33.8 Å². The number of aromatic nitrogens is 1. The van der Waals surface area contributed by atoms with Gasteiger partial charge in [0.25, 0.3) is 0 Å². The van der Waals surface area contributed by atoms with Crippen LogP contribution in [-0.4, -0.2) is 35.2 Å². The van der Waals surface area contributed by atoms with Crippen LogP contribution in [0.25, 0.3) is 4.85 Å². The molecule has 10 heteroatoms. The van der Waals surface area contributed by atoms with Gasteiger partial charge < -0.3 is 15.7 Å². The first-order valence-corrected chi connectivity index (χ1v) is 10.4. The molecule has 2 atom stereocenters. The van der Waals surface area contributed by atoms with Gasteiger partial charge in [-0.05, 0) is 24.5 Å². The van der Waals surface area contributed by atoms with E-state index in [1.807, 2.05) is 6.07 Å². The summed E-state index contributed by atoms with van der Waals surface area (Å²) in [6, 6.07) is 4.84. The third kappa shape index (κ3) is 4.46. The van der Waals surface area contributed by atoms with Gasteiger partial charge in [-0.2, -0.15) is 5.26 Å². The van der Waals surface area contributed by atoms with E-state index < -0.39 is 28.9 Å². The number of nitriles is 1. The van der Waals surface area contributed by atoms with Crippen LogP contribution in [0.2, 0.25) is 0 Å². The number of amides is 1. The van der Waals surface area contributed by atoms with Crippen LogP contribution in [-0.2, 0) is 11.2 Å². The van der Waals surface area contributed by atoms with Crippen LogP contribution in [0.5, 0.6) is 0 Å². The molecule has 0 spiro atoms. The van der Waals surface area contributed by atoms with E-state index in [9.17, 15) is 23.9 Å². The van der Waals surface area contributed by atoms with E-state index in [-0.39, 0.29) is 28.4 Å². The number of anilines is 1. The zero-order chi connectivity index (χ0) is 22.7. The fourth-order valence-corrected chi connectivity index (χ4v) is 4.59. The lowest BCUT2D eigenvalue weighted by atomic mass is 10.1. The van der Waals surface area contributed by atoms with Gasteiger partial charge in [-0.1, -0.05) is 24.8 Å². The SMILES string of the molecule is [C-]#[N+]c1c(N2CC[C@H](O)C2)nc(SC(C(N)=O)c2ccc(F)cc2F)c(C#N)c1CC. The van der Waals surface area contributed by atoms with Gasteiger partial charge in [-0.3, -0.25) is 4.79 Å². The van der Waals surface area contributed by atoms with Crippen molar-refractivity contribution in [2.24, 2.45) is 5.73 Å². The Bertz CT molecular complexity index is 1110. The molecule has 1 saturated heterocycles. The van der Waals surface area contributed by atoms with E-state index >= 15 is 0 Å². The number of pyridine rings is 1. The van der Waals surface area contributed by atoms with Crippen molar-refractivity contribution in [3.05, 3.63) is 57.9 Å². The number of β-amino-alcohol motifs (C(OH)–C–C–N with tert-alkyl or cyclic N) is 1. The maximum absolute atomic E-state index is 14.4. The van der Waals surface area contributed by atoms with Gasteiger partial charge in [0.15, 0.2) is 0 Å². The van der Waals surface area contributed by atoms with Crippen LogP contribution in [0.15, 0.2) is 23.2 Å². The van der Waals surface area contributed by atoms with Crippen molar-refractivity contribution in [2.45, 2.75) is 36.1 Å². The van der Waals surface area contributed by atoms with Gasteiger partial charge in [0, 0.05) is 24.7 Å². The molecule has 3 rings (SSSR count). The number of nitrogens with two attached hydrogens (primary N) is 1. The van der Waals surface area contributed by atoms with Crippen molar-refractivity contribution >= 4 is 29.2 Å². The van der Waals surface area contributed by atoms with Gasteiger partial charge in [-0.25, -0.2) is 18.6 Å². The molecule has 0 saturated carbocycles. The monoisotopic (exact) mass is 443 g/mol. The highest BCUT2D eigenvalue weighted by Gasteiger charge is 2.30. The molecule has 2 heterocycles. The molecule has 7 nitrogen and oxygen atoms in total. The van der Waals surface area contributed by atoms with E-state index in [1.165, 1.54) is 0 Å². The zero-order valence-electron chi connectivity index (χ0n) is 16.6. The Kier molecular flexibility index (Phi) is 6.74. The number of carbonyl (C=O) groups excluding carboxylic acids is 1. The minimum absolute atomic E-state index is 0.107. The number of rotatable bonds is 6. The highest BCUT2D eigenvalue weighted by molar-refractivity contribution is 8.00. The van der Waals surface area contributed by atoms with Crippen molar-refractivity contribution in [3.63, 3.8) is 0 Å². The normalized spacial score (nSPS) is 16.6. The van der Waals surface area contributed by atoms with Crippen molar-refractivity contribution in [2.75, 3.05) is 18.0 Å². The fraction of sp³-hybridized carbons (Fsp3) is 0.333. The van der Waals surface area contributed by atoms with E-state index in [2.05, 4.69) is 9.83 Å². The van der Waals surface area contributed by atoms with Crippen molar-refractivity contribution in [1.82, 2.24) is 4.98 Å². The molecule has 1 aliphatic rings. The number of hydrogen-bond acceptors (Lipinski definition) is 6. The maximum atomic E-state index is 14.4. The summed E-state index contributed by atoms with van der Waals surface area (Å²) in [6.45, 7) is 10.1. The Hall–Kier alpha value is -3.21. The molecule has 0 aliphatic carbocycles. The molecule has 160 valence electrons. The predicted molar refractivity (Wildman–Crippen MR) is 112 cm³/mol. The lowest BCUT2D eigenvalue weighted by Gasteiger charge is -2.23. The second kappa shape index (κ2) is 9.29. The van der Waals surface area contributed by atoms with Crippen LogP contribution in [0.1, 0.15) is 35.3 Å². The second-order valence-corrected chi connectivity index (χ2v) is 8.07. The molecule has 0 bridgehead atoms. The van der Waals surface area contributed by atoms with Crippen LogP contribution in [0.3, 0.4) is 0 Å². The maximum Gasteiger partial charge on any atom is 0.235 e. The summed E-state index contributed by atoms with van der Waals surface area (Å²) in [5.74, 6) is -2.32. The summed E-state index contributed by atoms with van der Waals surface area (Å²) >= 11 is 0.781.